The Labute approximate surface area is 166 Å². The van der Waals surface area contributed by atoms with Crippen LogP contribution in [0.4, 0.5) is 0 Å². The first-order valence-corrected chi connectivity index (χ1v) is 9.52. The van der Waals surface area contributed by atoms with Crippen molar-refractivity contribution in [3.8, 4) is 6.07 Å². The average Bonchev–Trinajstić information content (AvgIpc) is 3.56. The number of fused-ring (bicyclic) bond motifs is 1. The summed E-state index contributed by atoms with van der Waals surface area (Å²) >= 11 is 0. The molecular weight excluding hydrogens is 368 g/mol. The molecule has 1 amide bonds. The van der Waals surface area contributed by atoms with Crippen molar-refractivity contribution in [2.24, 2.45) is 0 Å². The highest BCUT2D eigenvalue weighted by molar-refractivity contribution is 5.86. The molecule has 1 saturated carbocycles. The van der Waals surface area contributed by atoms with Gasteiger partial charge in [0.15, 0.2) is 0 Å². The van der Waals surface area contributed by atoms with E-state index in [0.717, 1.165) is 33.7 Å². The zero-order valence-electron chi connectivity index (χ0n) is 16.0. The number of carbonyl (C=O) groups is 1. The third-order valence-corrected chi connectivity index (χ3v) is 5.23. The first-order valence-electron chi connectivity index (χ1n) is 9.52. The van der Waals surface area contributed by atoms with Crippen molar-refractivity contribution in [2.75, 3.05) is 0 Å². The van der Waals surface area contributed by atoms with Gasteiger partial charge in [-0.15, -0.1) is 0 Å². The summed E-state index contributed by atoms with van der Waals surface area (Å²) < 4.78 is 2.24. The molecule has 1 fully saturated rings. The van der Waals surface area contributed by atoms with Gasteiger partial charge in [0.25, 0.3) is 5.56 Å². The maximum Gasteiger partial charge on any atom is 0.331 e. The van der Waals surface area contributed by atoms with E-state index in [1.807, 2.05) is 55.5 Å². The Bertz CT molecular complexity index is 1260. The molecule has 146 valence electrons. The highest BCUT2D eigenvalue weighted by atomic mass is 16.2. The summed E-state index contributed by atoms with van der Waals surface area (Å²) in [5, 5.41) is 14.2. The summed E-state index contributed by atoms with van der Waals surface area (Å²) in [6.07, 6.45) is 2.95. The van der Waals surface area contributed by atoms with E-state index in [2.05, 4.69) is 5.32 Å². The van der Waals surface area contributed by atoms with Crippen LogP contribution in [0.3, 0.4) is 0 Å². The monoisotopic (exact) mass is 388 g/mol. The molecule has 3 aromatic rings. The summed E-state index contributed by atoms with van der Waals surface area (Å²) in [5.74, 6) is -0.456. The van der Waals surface area contributed by atoms with Crippen molar-refractivity contribution >= 4 is 16.7 Å². The molecule has 1 heterocycles. The Balaban J connectivity index is 1.60. The zero-order chi connectivity index (χ0) is 20.5. The smallest absolute Gasteiger partial charge is 0.331 e. The molecule has 1 N–H and O–H groups in total. The third-order valence-electron chi connectivity index (χ3n) is 5.23. The van der Waals surface area contributed by atoms with Gasteiger partial charge in [-0.2, -0.15) is 5.26 Å². The predicted octanol–water partition coefficient (Wildman–Crippen LogP) is 2.25. The van der Waals surface area contributed by atoms with Crippen LogP contribution in [0.2, 0.25) is 0 Å². The molecule has 7 heteroatoms. The minimum absolute atomic E-state index is 0.000817. The van der Waals surface area contributed by atoms with E-state index in [4.69, 9.17) is 0 Å². The summed E-state index contributed by atoms with van der Waals surface area (Å²) in [5.41, 5.74) is -0.469. The molecule has 1 aliphatic carbocycles. The molecule has 1 atom stereocenters. The first-order chi connectivity index (χ1) is 14.0. The number of hydrogen-bond donors (Lipinski definition) is 1. The quantitative estimate of drug-likeness (QED) is 0.725. The van der Waals surface area contributed by atoms with E-state index in [1.165, 1.54) is 10.8 Å². The molecule has 0 aliphatic heterocycles. The Morgan fingerprint density at radius 1 is 1.21 bits per heavy atom. The molecule has 29 heavy (non-hydrogen) atoms. The molecule has 0 spiro atoms. The third kappa shape index (κ3) is 3.57. The van der Waals surface area contributed by atoms with E-state index >= 15 is 0 Å². The number of aromatic nitrogens is 2. The second-order valence-corrected chi connectivity index (χ2v) is 7.32. The topological polar surface area (TPSA) is 96.9 Å². The zero-order valence-corrected chi connectivity index (χ0v) is 16.0. The highest BCUT2D eigenvalue weighted by Gasteiger charge is 2.27. The lowest BCUT2D eigenvalue weighted by atomic mass is 10.00. The first kappa shape index (κ1) is 18.7. The van der Waals surface area contributed by atoms with Crippen molar-refractivity contribution in [3.05, 3.63) is 80.6 Å². The van der Waals surface area contributed by atoms with E-state index in [0.29, 0.717) is 0 Å². The van der Waals surface area contributed by atoms with E-state index in [9.17, 15) is 19.6 Å². The van der Waals surface area contributed by atoms with E-state index in [-0.39, 0.29) is 17.6 Å². The Hall–Kier alpha value is -3.66. The van der Waals surface area contributed by atoms with Gasteiger partial charge < -0.3 is 5.32 Å². The SMILES string of the molecule is CC(NC(=O)Cn1c(=O)c(C#N)cn(C2CC2)c1=O)c1cccc2ccccc12. The molecule has 1 aromatic heterocycles. The largest absolute Gasteiger partial charge is 0.348 e. The van der Waals surface area contributed by atoms with Crippen LogP contribution in [0.1, 0.15) is 43.0 Å². The summed E-state index contributed by atoms with van der Waals surface area (Å²) in [6, 6.07) is 15.3. The standard InChI is InChI=1S/C22H20N4O3/c1-14(18-8-4-6-15-5-2-3-7-19(15)18)24-20(27)13-26-21(28)16(11-23)12-25(22(26)29)17-9-10-17/h2-8,12,14,17H,9-10,13H2,1H3,(H,24,27). The number of benzene rings is 2. The normalized spacial score (nSPS) is 14.3. The fraction of sp³-hybridized carbons (Fsp3) is 0.273. The minimum Gasteiger partial charge on any atom is -0.348 e. The number of nitrogens with zero attached hydrogens (tertiary/aromatic N) is 3. The predicted molar refractivity (Wildman–Crippen MR) is 108 cm³/mol. The second kappa shape index (κ2) is 7.40. The Morgan fingerprint density at radius 3 is 2.66 bits per heavy atom. The highest BCUT2D eigenvalue weighted by Crippen LogP contribution is 2.33. The number of nitriles is 1. The molecule has 2 aromatic carbocycles. The molecular formula is C22H20N4O3. The van der Waals surface area contributed by atoms with Gasteiger partial charge in [0.2, 0.25) is 5.91 Å². The number of amides is 1. The van der Waals surface area contributed by atoms with Crippen molar-refractivity contribution < 1.29 is 4.79 Å². The van der Waals surface area contributed by atoms with Crippen LogP contribution < -0.4 is 16.6 Å². The number of hydrogen-bond acceptors (Lipinski definition) is 4. The molecule has 1 aliphatic rings. The Morgan fingerprint density at radius 2 is 1.93 bits per heavy atom. The maximum absolute atomic E-state index is 12.6. The maximum atomic E-state index is 12.6. The van der Waals surface area contributed by atoms with Crippen LogP contribution in [0, 0.1) is 11.3 Å². The second-order valence-electron chi connectivity index (χ2n) is 7.32. The van der Waals surface area contributed by atoms with Crippen molar-refractivity contribution in [2.45, 2.75) is 38.4 Å². The fourth-order valence-electron chi connectivity index (χ4n) is 3.59. The molecule has 0 bridgehead atoms. The van der Waals surface area contributed by atoms with Crippen molar-refractivity contribution in [3.63, 3.8) is 0 Å². The fourth-order valence-corrected chi connectivity index (χ4v) is 3.59. The summed E-state index contributed by atoms with van der Waals surface area (Å²) in [7, 11) is 0. The summed E-state index contributed by atoms with van der Waals surface area (Å²) in [4.78, 5) is 37.7. The molecule has 1 unspecified atom stereocenters. The van der Waals surface area contributed by atoms with Gasteiger partial charge >= 0.3 is 5.69 Å². The van der Waals surface area contributed by atoms with Gasteiger partial charge in [0, 0.05) is 12.2 Å². The Kier molecular flexibility index (Phi) is 4.77. The lowest BCUT2D eigenvalue weighted by Crippen LogP contribution is -2.44. The van der Waals surface area contributed by atoms with Crippen LogP contribution in [0.15, 0.2) is 58.3 Å². The van der Waals surface area contributed by atoms with E-state index in [1.54, 1.807) is 0 Å². The van der Waals surface area contributed by atoms with Gasteiger partial charge in [-0.05, 0) is 36.1 Å². The number of nitrogens with one attached hydrogen (secondary N) is 1. The van der Waals surface area contributed by atoms with Crippen molar-refractivity contribution in [1.82, 2.24) is 14.5 Å². The lowest BCUT2D eigenvalue weighted by molar-refractivity contribution is -0.122. The molecule has 0 saturated heterocycles. The minimum atomic E-state index is -0.734. The average molecular weight is 388 g/mol. The van der Waals surface area contributed by atoms with Crippen LogP contribution in [0.5, 0.6) is 0 Å². The van der Waals surface area contributed by atoms with Gasteiger partial charge in [-0.1, -0.05) is 42.5 Å². The van der Waals surface area contributed by atoms with Gasteiger partial charge in [-0.3, -0.25) is 14.2 Å². The number of carbonyl (C=O) groups excluding carboxylic acids is 1. The number of rotatable bonds is 5. The summed E-state index contributed by atoms with van der Waals surface area (Å²) in [6.45, 7) is 1.44. The van der Waals surface area contributed by atoms with Crippen LogP contribution in [-0.4, -0.2) is 15.0 Å². The van der Waals surface area contributed by atoms with Crippen LogP contribution >= 0.6 is 0 Å². The molecule has 4 rings (SSSR count). The van der Waals surface area contributed by atoms with Crippen LogP contribution in [0.25, 0.3) is 10.8 Å². The molecule has 7 nitrogen and oxygen atoms in total. The van der Waals surface area contributed by atoms with Crippen LogP contribution in [-0.2, 0) is 11.3 Å². The molecule has 0 radical (unpaired) electrons. The lowest BCUT2D eigenvalue weighted by Gasteiger charge is -2.17. The van der Waals surface area contributed by atoms with Gasteiger partial charge in [0.05, 0.1) is 6.04 Å². The van der Waals surface area contributed by atoms with Gasteiger partial charge in [0.1, 0.15) is 18.2 Å². The van der Waals surface area contributed by atoms with E-state index < -0.39 is 23.7 Å². The van der Waals surface area contributed by atoms with Crippen molar-refractivity contribution in [1.29, 1.82) is 5.26 Å². The van der Waals surface area contributed by atoms with Gasteiger partial charge in [-0.25, -0.2) is 9.36 Å².